The van der Waals surface area contributed by atoms with Gasteiger partial charge in [0.2, 0.25) is 5.52 Å². The van der Waals surface area contributed by atoms with Crippen molar-refractivity contribution in [3.8, 4) is 0 Å². The average molecular weight is 406 g/mol. The van der Waals surface area contributed by atoms with Crippen LogP contribution in [0.25, 0.3) is 53.8 Å². The highest BCUT2D eigenvalue weighted by Gasteiger charge is 2.30. The summed E-state index contributed by atoms with van der Waals surface area (Å²) in [5.74, 6) is -0.192. The monoisotopic (exact) mass is 406 g/mol. The molecule has 0 saturated heterocycles. The molecule has 0 saturated carbocycles. The molecule has 0 radical (unpaired) electrons. The number of nitrogens with zero attached hydrogens (tertiary/aromatic N) is 3. The lowest BCUT2D eigenvalue weighted by Crippen LogP contribution is -2.29. The molecule has 0 aliphatic carbocycles. The van der Waals surface area contributed by atoms with Crippen LogP contribution < -0.4 is 4.57 Å². The zero-order valence-electron chi connectivity index (χ0n) is 17.9. The van der Waals surface area contributed by atoms with Gasteiger partial charge in [0.05, 0.1) is 27.3 Å². The van der Waals surface area contributed by atoms with Crippen molar-refractivity contribution < 1.29 is 8.96 Å². The maximum absolute atomic E-state index is 15.4. The lowest BCUT2D eigenvalue weighted by atomic mass is 9.91. The van der Waals surface area contributed by atoms with E-state index in [1.807, 2.05) is 46.0 Å². The second-order valence-corrected chi connectivity index (χ2v) is 9.03. The third-order valence-electron chi connectivity index (χ3n) is 6.77. The molecule has 0 N–H and O–H groups in total. The van der Waals surface area contributed by atoms with Crippen molar-refractivity contribution in [1.82, 2.24) is 4.40 Å². The quantitative estimate of drug-likeness (QED) is 0.129. The van der Waals surface area contributed by atoms with Crippen LogP contribution in [0.15, 0.2) is 54.7 Å². The molecule has 3 aromatic heterocycles. The van der Waals surface area contributed by atoms with Crippen LogP contribution in [-0.2, 0) is 12.6 Å². The fraction of sp³-hybridized carbons (Fsp3) is 0.185. The minimum absolute atomic E-state index is 0.192. The first-order chi connectivity index (χ1) is 14.8. The third kappa shape index (κ3) is 2.13. The maximum Gasteiger partial charge on any atom is 0.252 e. The first-order valence-corrected chi connectivity index (χ1v) is 10.4. The molecule has 3 heterocycles. The molecule has 0 spiro atoms. The maximum atomic E-state index is 15.4. The fourth-order valence-corrected chi connectivity index (χ4v) is 5.17. The predicted molar refractivity (Wildman–Crippen MR) is 124 cm³/mol. The van der Waals surface area contributed by atoms with Crippen molar-refractivity contribution in [1.29, 1.82) is 0 Å². The molecule has 0 aliphatic heterocycles. The van der Waals surface area contributed by atoms with E-state index in [2.05, 4.69) is 44.3 Å². The fourth-order valence-electron chi connectivity index (χ4n) is 5.17. The van der Waals surface area contributed by atoms with Gasteiger partial charge in [0.15, 0.2) is 6.20 Å². The largest absolute Gasteiger partial charge is 0.307 e. The van der Waals surface area contributed by atoms with Crippen LogP contribution in [-0.4, -0.2) is 4.40 Å². The molecule has 4 heteroatoms. The average Bonchev–Trinajstić information content (AvgIpc) is 3.10. The Morgan fingerprint density at radius 1 is 1.00 bits per heavy atom. The minimum atomic E-state index is -0.650. The van der Waals surface area contributed by atoms with Crippen molar-refractivity contribution in [2.24, 2.45) is 7.05 Å². The Hall–Kier alpha value is -3.71. The van der Waals surface area contributed by atoms with Crippen molar-refractivity contribution in [2.45, 2.75) is 26.3 Å². The summed E-state index contributed by atoms with van der Waals surface area (Å²) < 4.78 is 19.7. The SMILES string of the molecule is [C-]#[N+]C(C)(C)c1cc2cc[n+](C)c3c4c(C)cc(F)c5c6ccccc6n(c(c1)c23)c54. The summed E-state index contributed by atoms with van der Waals surface area (Å²) in [5.41, 5.74) is 5.24. The molecule has 0 aliphatic rings. The Kier molecular flexibility index (Phi) is 3.33. The molecular weight excluding hydrogens is 385 g/mol. The number of halogens is 1. The van der Waals surface area contributed by atoms with Gasteiger partial charge < -0.3 is 9.25 Å². The number of pyridine rings is 2. The molecule has 3 nitrogen and oxygen atoms in total. The van der Waals surface area contributed by atoms with Gasteiger partial charge in [-0.15, -0.1) is 0 Å². The molecule has 31 heavy (non-hydrogen) atoms. The Morgan fingerprint density at radius 3 is 2.55 bits per heavy atom. The molecule has 0 amide bonds. The van der Waals surface area contributed by atoms with E-state index >= 15 is 4.39 Å². The first kappa shape index (κ1) is 18.1. The molecule has 6 aromatic rings. The standard InChI is InChI=1S/C27H21FN3/c1-15-12-19(28)24-18-8-6-7-9-20(18)31-21-14-17(27(2,3)29-4)13-16-10-11-30(5)25(23(16)21)22(15)26(24)31/h6-14H,1-3,5H3/q+1. The van der Waals surface area contributed by atoms with Gasteiger partial charge in [-0.2, -0.15) is 0 Å². The van der Waals surface area contributed by atoms with Crippen LogP contribution in [0.3, 0.4) is 0 Å². The Bertz CT molecular complexity index is 1750. The lowest BCUT2D eigenvalue weighted by Gasteiger charge is -2.17. The topological polar surface area (TPSA) is 12.7 Å². The van der Waals surface area contributed by atoms with Gasteiger partial charge in [-0.3, -0.25) is 0 Å². The summed E-state index contributed by atoms with van der Waals surface area (Å²) in [5, 5.41) is 4.88. The van der Waals surface area contributed by atoms with E-state index in [-0.39, 0.29) is 5.82 Å². The van der Waals surface area contributed by atoms with Gasteiger partial charge >= 0.3 is 0 Å². The van der Waals surface area contributed by atoms with Gasteiger partial charge in [-0.1, -0.05) is 18.2 Å². The second kappa shape index (κ2) is 5.70. The van der Waals surface area contributed by atoms with Gasteiger partial charge in [-0.25, -0.2) is 15.5 Å². The number of hydrogen-bond acceptors (Lipinski definition) is 0. The van der Waals surface area contributed by atoms with E-state index in [4.69, 9.17) is 6.57 Å². The normalized spacial score (nSPS) is 12.6. The number of hydrogen-bond donors (Lipinski definition) is 0. The molecule has 6 rings (SSSR count). The molecule has 3 aromatic carbocycles. The smallest absolute Gasteiger partial charge is 0.252 e. The minimum Gasteiger partial charge on any atom is -0.307 e. The Morgan fingerprint density at radius 2 is 1.77 bits per heavy atom. The van der Waals surface area contributed by atoms with E-state index < -0.39 is 5.54 Å². The van der Waals surface area contributed by atoms with Crippen LogP contribution in [0.4, 0.5) is 4.39 Å². The summed E-state index contributed by atoms with van der Waals surface area (Å²) >= 11 is 0. The van der Waals surface area contributed by atoms with Crippen LogP contribution >= 0.6 is 0 Å². The number of aryl methyl sites for hydroxylation is 2. The summed E-state index contributed by atoms with van der Waals surface area (Å²) in [6.07, 6.45) is 2.06. The number of para-hydroxylation sites is 1. The van der Waals surface area contributed by atoms with E-state index in [0.717, 1.165) is 54.7 Å². The van der Waals surface area contributed by atoms with Gasteiger partial charge in [0, 0.05) is 36.2 Å². The Labute approximate surface area is 179 Å². The second-order valence-electron chi connectivity index (χ2n) is 9.03. The number of rotatable bonds is 1. The van der Waals surface area contributed by atoms with Crippen molar-refractivity contribution in [2.75, 3.05) is 0 Å². The van der Waals surface area contributed by atoms with E-state index in [1.165, 1.54) is 0 Å². The molecule has 150 valence electrons. The number of fused-ring (bicyclic) bond motifs is 5. The van der Waals surface area contributed by atoms with Crippen molar-refractivity contribution in [3.05, 3.63) is 83.1 Å². The Balaban J connectivity index is 2.07. The van der Waals surface area contributed by atoms with Crippen LogP contribution in [0, 0.1) is 19.3 Å². The summed E-state index contributed by atoms with van der Waals surface area (Å²) in [6.45, 7) is 13.6. The highest BCUT2D eigenvalue weighted by Crippen LogP contribution is 2.43. The molecular formula is C27H21FN3+. The number of aromatic nitrogens is 2. The molecule has 0 unspecified atom stereocenters. The van der Waals surface area contributed by atoms with Crippen LogP contribution in [0.2, 0.25) is 0 Å². The zero-order chi connectivity index (χ0) is 21.7. The molecule has 0 fully saturated rings. The number of benzene rings is 3. The zero-order valence-corrected chi connectivity index (χ0v) is 17.9. The van der Waals surface area contributed by atoms with Crippen LogP contribution in [0.5, 0.6) is 0 Å². The van der Waals surface area contributed by atoms with Crippen molar-refractivity contribution in [3.63, 3.8) is 0 Å². The summed E-state index contributed by atoms with van der Waals surface area (Å²) in [4.78, 5) is 3.88. The van der Waals surface area contributed by atoms with Gasteiger partial charge in [0.1, 0.15) is 12.9 Å². The lowest BCUT2D eigenvalue weighted by molar-refractivity contribution is -0.643. The van der Waals surface area contributed by atoms with E-state index in [1.54, 1.807) is 6.07 Å². The highest BCUT2D eigenvalue weighted by atomic mass is 19.1. The molecule has 0 bridgehead atoms. The first-order valence-electron chi connectivity index (χ1n) is 10.4. The van der Waals surface area contributed by atoms with Gasteiger partial charge in [0.25, 0.3) is 5.54 Å². The summed E-state index contributed by atoms with van der Waals surface area (Å²) in [7, 11) is 2.04. The van der Waals surface area contributed by atoms with E-state index in [0.29, 0.717) is 5.39 Å². The van der Waals surface area contributed by atoms with E-state index in [9.17, 15) is 0 Å². The van der Waals surface area contributed by atoms with Crippen molar-refractivity contribution >= 4 is 49.0 Å². The predicted octanol–water partition coefficient (Wildman–Crippen LogP) is 6.42. The third-order valence-corrected chi connectivity index (χ3v) is 6.77. The molecule has 0 atom stereocenters. The van der Waals surface area contributed by atoms with Gasteiger partial charge in [-0.05, 0) is 42.1 Å². The van der Waals surface area contributed by atoms with Crippen LogP contribution in [0.1, 0.15) is 25.0 Å². The summed E-state index contributed by atoms with van der Waals surface area (Å²) in [6, 6.07) is 16.0. The highest BCUT2D eigenvalue weighted by molar-refractivity contribution is 6.26.